The van der Waals surface area contributed by atoms with Crippen molar-refractivity contribution in [2.75, 3.05) is 11.0 Å². The summed E-state index contributed by atoms with van der Waals surface area (Å²) in [6, 6.07) is 1.56. The van der Waals surface area contributed by atoms with E-state index in [1.165, 1.54) is 17.1 Å². The topological polar surface area (TPSA) is 55.1 Å². The van der Waals surface area contributed by atoms with Crippen molar-refractivity contribution in [3.8, 4) is 0 Å². The summed E-state index contributed by atoms with van der Waals surface area (Å²) in [5, 5.41) is 6.32. The molecule has 0 unspecified atom stereocenters. The molecule has 0 aliphatic rings. The molecule has 0 bridgehead atoms. The smallest absolute Gasteiger partial charge is 0.273 e. The minimum absolute atomic E-state index is 0.159. The van der Waals surface area contributed by atoms with Gasteiger partial charge in [-0.1, -0.05) is 34.2 Å². The molecule has 0 fully saturated rings. The average Bonchev–Trinajstić information content (AvgIpc) is 2.70. The van der Waals surface area contributed by atoms with Crippen molar-refractivity contribution in [3.05, 3.63) is 18.0 Å². The van der Waals surface area contributed by atoms with Gasteiger partial charge >= 0.3 is 0 Å². The van der Waals surface area contributed by atoms with E-state index in [2.05, 4.69) is 37.6 Å². The van der Waals surface area contributed by atoms with Gasteiger partial charge in [-0.25, -0.2) is 0 Å². The summed E-state index contributed by atoms with van der Waals surface area (Å²) in [6.45, 7) is 0.711. The van der Waals surface area contributed by atoms with Gasteiger partial charge in [0.25, 0.3) is 5.91 Å². The Balaban J connectivity index is 2.10. The fourth-order valence-electron chi connectivity index (χ4n) is 1.02. The third-order valence-corrected chi connectivity index (χ3v) is 2.53. The minimum Gasteiger partial charge on any atom is -0.364 e. The van der Waals surface area contributed by atoms with Crippen LogP contribution in [0.1, 0.15) is 29.8 Å². The highest BCUT2D eigenvalue weighted by molar-refractivity contribution is 14.1. The molecule has 4 nitrogen and oxygen atoms in total. The largest absolute Gasteiger partial charge is 0.364 e. The quantitative estimate of drug-likeness (QED) is 0.497. The van der Waals surface area contributed by atoms with Gasteiger partial charge in [0, 0.05) is 12.6 Å². The van der Waals surface area contributed by atoms with Gasteiger partial charge in [0.05, 0.1) is 0 Å². The molecule has 0 saturated carbocycles. The highest BCUT2D eigenvalue weighted by Crippen LogP contribution is 1.98. The van der Waals surface area contributed by atoms with Gasteiger partial charge in [-0.15, -0.1) is 0 Å². The number of rotatable bonds is 6. The van der Waals surface area contributed by atoms with Crippen LogP contribution in [0.2, 0.25) is 0 Å². The lowest BCUT2D eigenvalue weighted by atomic mass is 10.2. The number of aromatic nitrogens is 1. The molecule has 0 aromatic carbocycles. The van der Waals surface area contributed by atoms with E-state index < -0.39 is 0 Å². The SMILES string of the molecule is O=C(NCCCCCI)c1ccon1. The van der Waals surface area contributed by atoms with Crippen LogP contribution in [-0.4, -0.2) is 22.0 Å². The molecule has 1 rings (SSSR count). The third kappa shape index (κ3) is 4.08. The van der Waals surface area contributed by atoms with Crippen molar-refractivity contribution < 1.29 is 9.32 Å². The molecular formula is C9H13IN2O2. The van der Waals surface area contributed by atoms with Crippen molar-refractivity contribution in [2.24, 2.45) is 0 Å². The van der Waals surface area contributed by atoms with Gasteiger partial charge in [0.2, 0.25) is 0 Å². The highest BCUT2D eigenvalue weighted by atomic mass is 127. The molecule has 78 valence electrons. The van der Waals surface area contributed by atoms with Gasteiger partial charge in [-0.05, 0) is 17.3 Å². The number of hydrogen-bond donors (Lipinski definition) is 1. The summed E-state index contributed by atoms with van der Waals surface area (Å²) in [4.78, 5) is 11.3. The predicted octanol–water partition coefficient (Wildman–Crippen LogP) is 2.01. The molecule has 0 spiro atoms. The Hall–Kier alpha value is -0.590. The highest BCUT2D eigenvalue weighted by Gasteiger charge is 2.06. The first-order valence-corrected chi connectivity index (χ1v) is 6.11. The number of unbranched alkanes of at least 4 members (excludes halogenated alkanes) is 2. The zero-order chi connectivity index (χ0) is 10.2. The number of halogens is 1. The summed E-state index contributed by atoms with van der Waals surface area (Å²) in [5.74, 6) is -0.159. The fourth-order valence-corrected chi connectivity index (χ4v) is 1.56. The number of carbonyl (C=O) groups excluding carboxylic acids is 1. The van der Waals surface area contributed by atoms with Gasteiger partial charge in [0.1, 0.15) is 6.26 Å². The van der Waals surface area contributed by atoms with Crippen LogP contribution in [-0.2, 0) is 0 Å². The lowest BCUT2D eigenvalue weighted by Gasteiger charge is -2.01. The molecule has 0 aliphatic carbocycles. The van der Waals surface area contributed by atoms with Crippen LogP contribution < -0.4 is 5.32 Å². The van der Waals surface area contributed by atoms with E-state index in [9.17, 15) is 4.79 Å². The Kier molecular flexibility index (Phi) is 5.58. The van der Waals surface area contributed by atoms with E-state index in [0.717, 1.165) is 12.8 Å². The molecule has 1 N–H and O–H groups in total. The van der Waals surface area contributed by atoms with Crippen molar-refractivity contribution in [2.45, 2.75) is 19.3 Å². The Morgan fingerprint density at radius 2 is 2.36 bits per heavy atom. The molecule has 14 heavy (non-hydrogen) atoms. The lowest BCUT2D eigenvalue weighted by Crippen LogP contribution is -2.24. The Morgan fingerprint density at radius 1 is 1.50 bits per heavy atom. The average molecular weight is 308 g/mol. The number of carbonyl (C=O) groups is 1. The second-order valence-corrected chi connectivity index (χ2v) is 3.97. The van der Waals surface area contributed by atoms with Crippen molar-refractivity contribution in [1.29, 1.82) is 0 Å². The number of nitrogens with one attached hydrogen (secondary N) is 1. The number of nitrogens with zero attached hydrogens (tertiary/aromatic N) is 1. The number of amides is 1. The molecule has 0 radical (unpaired) electrons. The standard InChI is InChI=1S/C9H13IN2O2/c10-5-2-1-3-6-11-9(13)8-4-7-14-12-8/h4,7H,1-3,5-6H2,(H,11,13). The van der Waals surface area contributed by atoms with Gasteiger partial charge in [0.15, 0.2) is 5.69 Å². The molecule has 1 aromatic rings. The van der Waals surface area contributed by atoms with E-state index in [1.807, 2.05) is 0 Å². The lowest BCUT2D eigenvalue weighted by molar-refractivity contribution is 0.0944. The van der Waals surface area contributed by atoms with Crippen LogP contribution in [0.3, 0.4) is 0 Å². The van der Waals surface area contributed by atoms with Crippen molar-refractivity contribution >= 4 is 28.5 Å². The minimum atomic E-state index is -0.159. The summed E-state index contributed by atoms with van der Waals surface area (Å²) in [6.07, 6.45) is 4.78. The monoisotopic (exact) mass is 308 g/mol. The summed E-state index contributed by atoms with van der Waals surface area (Å²) in [7, 11) is 0. The first-order valence-electron chi connectivity index (χ1n) is 4.59. The maximum absolute atomic E-state index is 11.3. The van der Waals surface area contributed by atoms with E-state index in [1.54, 1.807) is 6.07 Å². The van der Waals surface area contributed by atoms with Crippen molar-refractivity contribution in [3.63, 3.8) is 0 Å². The van der Waals surface area contributed by atoms with E-state index in [0.29, 0.717) is 12.2 Å². The molecule has 0 saturated heterocycles. The summed E-state index contributed by atoms with van der Waals surface area (Å²) < 4.78 is 5.74. The van der Waals surface area contributed by atoms with Gasteiger partial charge in [-0.2, -0.15) is 0 Å². The Labute approximate surface area is 96.6 Å². The Bertz CT molecular complexity index is 262. The van der Waals surface area contributed by atoms with E-state index >= 15 is 0 Å². The van der Waals surface area contributed by atoms with E-state index in [4.69, 9.17) is 0 Å². The molecule has 5 heteroatoms. The fraction of sp³-hybridized carbons (Fsp3) is 0.556. The maximum atomic E-state index is 11.3. The summed E-state index contributed by atoms with van der Waals surface area (Å²) >= 11 is 2.35. The van der Waals surface area contributed by atoms with Crippen LogP contribution in [0.4, 0.5) is 0 Å². The van der Waals surface area contributed by atoms with E-state index in [-0.39, 0.29) is 5.91 Å². The van der Waals surface area contributed by atoms with Crippen LogP contribution in [0.15, 0.2) is 16.9 Å². The molecule has 1 heterocycles. The molecule has 1 amide bonds. The summed E-state index contributed by atoms with van der Waals surface area (Å²) in [5.41, 5.74) is 0.346. The number of alkyl halides is 1. The third-order valence-electron chi connectivity index (χ3n) is 1.77. The van der Waals surface area contributed by atoms with Crippen LogP contribution in [0.5, 0.6) is 0 Å². The van der Waals surface area contributed by atoms with Gasteiger partial charge in [-0.3, -0.25) is 4.79 Å². The molecular weight excluding hydrogens is 295 g/mol. The van der Waals surface area contributed by atoms with Crippen molar-refractivity contribution in [1.82, 2.24) is 10.5 Å². The van der Waals surface area contributed by atoms with Crippen LogP contribution >= 0.6 is 22.6 Å². The van der Waals surface area contributed by atoms with Crippen LogP contribution in [0.25, 0.3) is 0 Å². The maximum Gasteiger partial charge on any atom is 0.273 e. The first-order chi connectivity index (χ1) is 6.84. The second kappa shape index (κ2) is 6.80. The second-order valence-electron chi connectivity index (χ2n) is 2.89. The predicted molar refractivity (Wildman–Crippen MR) is 61.6 cm³/mol. The Morgan fingerprint density at radius 3 is 3.00 bits per heavy atom. The molecule has 0 aliphatic heterocycles. The van der Waals surface area contributed by atoms with Gasteiger partial charge < -0.3 is 9.84 Å². The zero-order valence-corrected chi connectivity index (χ0v) is 9.99. The van der Waals surface area contributed by atoms with Crippen LogP contribution in [0, 0.1) is 0 Å². The normalized spacial score (nSPS) is 10.1. The first kappa shape index (κ1) is 11.5. The zero-order valence-electron chi connectivity index (χ0n) is 7.83. The number of hydrogen-bond acceptors (Lipinski definition) is 3. The molecule has 0 atom stereocenters. The molecule has 1 aromatic heterocycles.